The Morgan fingerprint density at radius 1 is 0.439 bits per heavy atom. The van der Waals surface area contributed by atoms with Gasteiger partial charge in [-0.25, -0.2) is 4.99 Å². The van der Waals surface area contributed by atoms with Crippen LogP contribution in [0.25, 0.3) is 69.9 Å². The van der Waals surface area contributed by atoms with Gasteiger partial charge in [0.25, 0.3) is 0 Å². The SMILES string of the molecule is CC1C(c2ccc(-c3ccc(-c4ccccc4)cc3)cc2)=NC(c2ccc3c(c2)sc2ccccc23)=NC1c1cccc(-n2c3ccccc3c3ccccc32)c1. The molecule has 10 aromatic rings. The molecule has 1 aliphatic heterocycles. The highest BCUT2D eigenvalue weighted by Gasteiger charge is 2.30. The fraction of sp³-hybridized carbons (Fsp3) is 0.0566. The van der Waals surface area contributed by atoms with Crippen molar-refractivity contribution in [3.8, 4) is 27.9 Å². The highest BCUT2D eigenvalue weighted by atomic mass is 32.1. The lowest BCUT2D eigenvalue weighted by Crippen LogP contribution is -2.26. The Hall–Kier alpha value is -6.88. The largest absolute Gasteiger partial charge is 0.309 e. The first-order chi connectivity index (χ1) is 28.2. The maximum atomic E-state index is 5.51. The molecule has 11 rings (SSSR count). The van der Waals surface area contributed by atoms with E-state index in [9.17, 15) is 0 Å². The van der Waals surface area contributed by atoms with E-state index in [-0.39, 0.29) is 12.0 Å². The molecule has 0 N–H and O–H groups in total. The van der Waals surface area contributed by atoms with E-state index in [0.717, 1.165) is 28.4 Å². The minimum Gasteiger partial charge on any atom is -0.309 e. The number of para-hydroxylation sites is 2. The van der Waals surface area contributed by atoms with Crippen molar-refractivity contribution in [1.82, 2.24) is 4.57 Å². The highest BCUT2D eigenvalue weighted by molar-refractivity contribution is 7.25. The topological polar surface area (TPSA) is 29.6 Å². The molecule has 2 atom stereocenters. The van der Waals surface area contributed by atoms with Gasteiger partial charge in [0.1, 0.15) is 0 Å². The summed E-state index contributed by atoms with van der Waals surface area (Å²) >= 11 is 1.83. The second kappa shape index (κ2) is 13.7. The van der Waals surface area contributed by atoms with Gasteiger partial charge in [0.15, 0.2) is 5.84 Å². The van der Waals surface area contributed by atoms with E-state index in [0.29, 0.717) is 0 Å². The number of rotatable bonds is 6. The van der Waals surface area contributed by atoms with Crippen molar-refractivity contribution in [1.29, 1.82) is 0 Å². The van der Waals surface area contributed by atoms with Crippen LogP contribution in [0.2, 0.25) is 0 Å². The molecule has 0 bridgehead atoms. The van der Waals surface area contributed by atoms with Gasteiger partial charge in [-0.05, 0) is 69.8 Å². The molecule has 4 heteroatoms. The molecule has 0 aliphatic carbocycles. The number of benzene rings is 8. The summed E-state index contributed by atoms with van der Waals surface area (Å²) in [4.78, 5) is 10.9. The summed E-state index contributed by atoms with van der Waals surface area (Å²) in [6.07, 6.45) is 0. The third-order valence-electron chi connectivity index (χ3n) is 11.6. The third kappa shape index (κ3) is 5.80. The number of nitrogens with zero attached hydrogens (tertiary/aromatic N) is 3. The molecule has 0 fully saturated rings. The molecule has 2 aromatic heterocycles. The van der Waals surface area contributed by atoms with E-state index in [1.807, 2.05) is 11.3 Å². The number of aromatic nitrogens is 1. The van der Waals surface area contributed by atoms with Crippen molar-refractivity contribution in [2.75, 3.05) is 0 Å². The highest BCUT2D eigenvalue weighted by Crippen LogP contribution is 2.39. The average Bonchev–Trinajstić information content (AvgIpc) is 3.82. The molecular weight excluding hydrogens is 711 g/mol. The normalized spacial score (nSPS) is 15.7. The summed E-state index contributed by atoms with van der Waals surface area (Å²) in [5.41, 5.74) is 12.7. The van der Waals surface area contributed by atoms with Crippen LogP contribution in [0, 0.1) is 5.92 Å². The molecule has 0 amide bonds. The van der Waals surface area contributed by atoms with Gasteiger partial charge in [0.2, 0.25) is 0 Å². The summed E-state index contributed by atoms with van der Waals surface area (Å²) in [5.74, 6) is 0.807. The molecule has 57 heavy (non-hydrogen) atoms. The number of fused-ring (bicyclic) bond motifs is 6. The minimum atomic E-state index is -0.135. The van der Waals surface area contributed by atoms with Gasteiger partial charge < -0.3 is 4.57 Å². The van der Waals surface area contributed by atoms with Crippen LogP contribution in [0.15, 0.2) is 204 Å². The average molecular weight is 748 g/mol. The maximum Gasteiger partial charge on any atom is 0.155 e. The Balaban J connectivity index is 1.01. The molecule has 1 aliphatic rings. The van der Waals surface area contributed by atoms with Crippen LogP contribution in [-0.4, -0.2) is 16.1 Å². The van der Waals surface area contributed by atoms with Crippen LogP contribution in [0.1, 0.15) is 29.7 Å². The number of hydrogen-bond acceptors (Lipinski definition) is 3. The Bertz CT molecular complexity index is 3130. The first-order valence-electron chi connectivity index (χ1n) is 19.6. The maximum absolute atomic E-state index is 5.51. The van der Waals surface area contributed by atoms with Crippen molar-refractivity contribution >= 4 is 64.9 Å². The molecule has 8 aromatic carbocycles. The molecule has 0 radical (unpaired) electrons. The van der Waals surface area contributed by atoms with E-state index in [1.54, 1.807) is 0 Å². The van der Waals surface area contributed by atoms with Gasteiger partial charge in [0, 0.05) is 48.1 Å². The van der Waals surface area contributed by atoms with Crippen LogP contribution in [0.4, 0.5) is 0 Å². The Morgan fingerprint density at radius 2 is 0.982 bits per heavy atom. The van der Waals surface area contributed by atoms with Gasteiger partial charge in [-0.2, -0.15) is 0 Å². The van der Waals surface area contributed by atoms with Crippen molar-refractivity contribution in [2.24, 2.45) is 15.9 Å². The molecule has 0 spiro atoms. The van der Waals surface area contributed by atoms with Gasteiger partial charge in [-0.3, -0.25) is 4.99 Å². The lowest BCUT2D eigenvalue weighted by atomic mass is 9.85. The lowest BCUT2D eigenvalue weighted by Gasteiger charge is -2.28. The summed E-state index contributed by atoms with van der Waals surface area (Å²) in [6, 6.07) is 69.9. The monoisotopic (exact) mass is 747 g/mol. The molecule has 0 saturated carbocycles. The van der Waals surface area contributed by atoms with Gasteiger partial charge in [0.05, 0.1) is 22.8 Å². The number of aliphatic imine (C=N–C) groups is 2. The van der Waals surface area contributed by atoms with Crippen LogP contribution in [-0.2, 0) is 0 Å². The summed E-state index contributed by atoms with van der Waals surface area (Å²) in [6.45, 7) is 2.28. The van der Waals surface area contributed by atoms with Crippen molar-refractivity contribution in [3.05, 3.63) is 211 Å². The van der Waals surface area contributed by atoms with E-state index >= 15 is 0 Å². The van der Waals surface area contributed by atoms with E-state index < -0.39 is 0 Å². The van der Waals surface area contributed by atoms with Crippen LogP contribution in [0.3, 0.4) is 0 Å². The quantitative estimate of drug-likeness (QED) is 0.162. The molecule has 0 saturated heterocycles. The fourth-order valence-corrected chi connectivity index (χ4v) is 9.85. The van der Waals surface area contributed by atoms with E-state index in [1.165, 1.54) is 69.8 Å². The fourth-order valence-electron chi connectivity index (χ4n) is 8.70. The second-order valence-corrected chi connectivity index (χ2v) is 16.1. The zero-order valence-electron chi connectivity index (χ0n) is 31.4. The first kappa shape index (κ1) is 33.5. The van der Waals surface area contributed by atoms with Crippen molar-refractivity contribution in [3.63, 3.8) is 0 Å². The summed E-state index contributed by atoms with van der Waals surface area (Å²) in [7, 11) is 0. The number of amidine groups is 1. The molecule has 3 nitrogen and oxygen atoms in total. The molecule has 3 heterocycles. The van der Waals surface area contributed by atoms with E-state index in [4.69, 9.17) is 9.98 Å². The predicted molar refractivity (Wildman–Crippen MR) is 242 cm³/mol. The van der Waals surface area contributed by atoms with Crippen LogP contribution in [0.5, 0.6) is 0 Å². The van der Waals surface area contributed by atoms with Gasteiger partial charge in [-0.15, -0.1) is 11.3 Å². The standard InChI is InChI=1S/C53H37N3S/c1-34-51(39-28-26-38(27-29-39)37-24-22-36(23-25-37)35-12-3-2-4-13-35)54-53(41-30-31-46-45-18-7-10-21-49(45)57-50(46)33-41)55-52(34)40-14-11-15-42(32-40)56-47-19-8-5-16-43(47)44-17-6-9-20-48(44)56/h2-34,52H,1H3. The smallest absolute Gasteiger partial charge is 0.155 e. The summed E-state index contributed by atoms with van der Waals surface area (Å²) < 4.78 is 4.93. The third-order valence-corrected chi connectivity index (χ3v) is 12.7. The first-order valence-corrected chi connectivity index (χ1v) is 20.4. The molecule has 2 unspecified atom stereocenters. The van der Waals surface area contributed by atoms with Gasteiger partial charge in [-0.1, -0.05) is 165 Å². The van der Waals surface area contributed by atoms with Crippen molar-refractivity contribution < 1.29 is 0 Å². The zero-order chi connectivity index (χ0) is 37.9. The summed E-state index contributed by atoms with van der Waals surface area (Å²) in [5, 5.41) is 5.08. The molecule has 270 valence electrons. The molecular formula is C53H37N3S. The second-order valence-electron chi connectivity index (χ2n) is 15.0. The lowest BCUT2D eigenvalue weighted by molar-refractivity contribution is 0.592. The Morgan fingerprint density at radius 3 is 1.67 bits per heavy atom. The zero-order valence-corrected chi connectivity index (χ0v) is 32.2. The minimum absolute atomic E-state index is 0.0335. The number of thiophene rings is 1. The van der Waals surface area contributed by atoms with E-state index in [2.05, 4.69) is 206 Å². The Kier molecular flexibility index (Phi) is 8.04. The van der Waals surface area contributed by atoms with Crippen LogP contribution < -0.4 is 0 Å². The van der Waals surface area contributed by atoms with Gasteiger partial charge >= 0.3 is 0 Å². The van der Waals surface area contributed by atoms with Crippen LogP contribution >= 0.6 is 11.3 Å². The number of hydrogen-bond donors (Lipinski definition) is 0. The predicted octanol–water partition coefficient (Wildman–Crippen LogP) is 14.1. The Labute approximate surface area is 335 Å². The van der Waals surface area contributed by atoms with Crippen molar-refractivity contribution in [2.45, 2.75) is 13.0 Å².